The molecule has 0 saturated heterocycles. The van der Waals surface area contributed by atoms with Crippen molar-refractivity contribution in [1.82, 2.24) is 15.1 Å². The first kappa shape index (κ1) is 13.1. The van der Waals surface area contributed by atoms with Gasteiger partial charge in [0.05, 0.1) is 18.2 Å². The van der Waals surface area contributed by atoms with Gasteiger partial charge in [0.25, 0.3) is 5.89 Å². The van der Waals surface area contributed by atoms with E-state index in [9.17, 15) is 0 Å². The molecule has 7 heteroatoms. The highest BCUT2D eigenvalue weighted by molar-refractivity contribution is 5.47. The maximum atomic E-state index is 8.69. The first-order valence-corrected chi connectivity index (χ1v) is 5.78. The number of hydrogen-bond acceptors (Lipinski definition) is 7. The van der Waals surface area contributed by atoms with E-state index in [1.165, 1.54) is 6.20 Å². The van der Waals surface area contributed by atoms with Crippen LogP contribution in [-0.2, 0) is 4.74 Å². The molecule has 0 saturated carbocycles. The van der Waals surface area contributed by atoms with Crippen molar-refractivity contribution in [2.45, 2.75) is 13.0 Å². The van der Waals surface area contributed by atoms with Gasteiger partial charge >= 0.3 is 0 Å². The highest BCUT2D eigenvalue weighted by Crippen LogP contribution is 2.16. The summed E-state index contributed by atoms with van der Waals surface area (Å²) < 4.78 is 10.3. The summed E-state index contributed by atoms with van der Waals surface area (Å²) in [6.07, 6.45) is 1.44. The van der Waals surface area contributed by atoms with Crippen molar-refractivity contribution in [2.75, 3.05) is 13.2 Å². The molecule has 2 rings (SSSR count). The second-order valence-corrected chi connectivity index (χ2v) is 3.77. The van der Waals surface area contributed by atoms with E-state index in [-0.39, 0.29) is 5.89 Å². The van der Waals surface area contributed by atoms with Crippen LogP contribution in [-0.4, -0.2) is 28.3 Å². The van der Waals surface area contributed by atoms with Gasteiger partial charge in [0.15, 0.2) is 5.82 Å². The van der Waals surface area contributed by atoms with Crippen LogP contribution in [0.3, 0.4) is 0 Å². The molecule has 7 nitrogen and oxygen atoms in total. The number of pyridine rings is 1. The summed E-state index contributed by atoms with van der Waals surface area (Å²) >= 11 is 0. The fraction of sp³-hybridized carbons (Fsp3) is 0.333. The molecule has 2 heterocycles. The Morgan fingerprint density at radius 2 is 2.37 bits per heavy atom. The lowest BCUT2D eigenvalue weighted by Gasteiger charge is -2.05. The smallest absolute Gasteiger partial charge is 0.276 e. The Morgan fingerprint density at radius 3 is 3.00 bits per heavy atom. The zero-order chi connectivity index (χ0) is 13.7. The van der Waals surface area contributed by atoms with Crippen molar-refractivity contribution >= 4 is 0 Å². The molecule has 0 aromatic carbocycles. The molecule has 0 aliphatic heterocycles. The van der Waals surface area contributed by atoms with Gasteiger partial charge in [-0.2, -0.15) is 10.2 Å². The van der Waals surface area contributed by atoms with Gasteiger partial charge in [0.1, 0.15) is 11.8 Å². The molecule has 2 aromatic rings. The summed E-state index contributed by atoms with van der Waals surface area (Å²) in [6.45, 7) is 2.79. The third kappa shape index (κ3) is 3.13. The highest BCUT2D eigenvalue weighted by Gasteiger charge is 2.16. The fourth-order valence-electron chi connectivity index (χ4n) is 1.40. The molecule has 0 radical (unpaired) electrons. The summed E-state index contributed by atoms with van der Waals surface area (Å²) in [4.78, 5) is 8.22. The normalized spacial score (nSPS) is 12.1. The Morgan fingerprint density at radius 1 is 1.53 bits per heavy atom. The molecule has 1 atom stereocenters. The van der Waals surface area contributed by atoms with Crippen molar-refractivity contribution in [3.05, 3.63) is 29.7 Å². The number of nitrogens with two attached hydrogens (primary N) is 1. The topological polar surface area (TPSA) is 111 Å². The zero-order valence-corrected chi connectivity index (χ0v) is 10.4. The molecule has 98 valence electrons. The van der Waals surface area contributed by atoms with Crippen LogP contribution in [0.1, 0.15) is 24.4 Å². The van der Waals surface area contributed by atoms with Crippen LogP contribution in [0.2, 0.25) is 0 Å². The van der Waals surface area contributed by atoms with Crippen molar-refractivity contribution < 1.29 is 9.26 Å². The van der Waals surface area contributed by atoms with Crippen LogP contribution >= 0.6 is 0 Å². The Bertz CT molecular complexity index is 573. The van der Waals surface area contributed by atoms with Crippen LogP contribution in [0, 0.1) is 11.3 Å². The summed E-state index contributed by atoms with van der Waals surface area (Å²) in [5, 5.41) is 12.5. The highest BCUT2D eigenvalue weighted by atomic mass is 16.5. The monoisotopic (exact) mass is 259 g/mol. The number of nitrogens with zero attached hydrogens (tertiary/aromatic N) is 4. The van der Waals surface area contributed by atoms with Crippen LogP contribution in [0.15, 0.2) is 22.9 Å². The Balaban J connectivity index is 2.13. The maximum absolute atomic E-state index is 8.69. The van der Waals surface area contributed by atoms with Crippen molar-refractivity contribution in [1.29, 1.82) is 5.26 Å². The molecule has 1 unspecified atom stereocenters. The van der Waals surface area contributed by atoms with E-state index in [0.717, 1.165) is 0 Å². The first-order chi connectivity index (χ1) is 9.24. The SMILES string of the molecule is CCOCC(N)c1noc(-c2ccc(C#N)cn2)n1. The van der Waals surface area contributed by atoms with Gasteiger partial charge in [-0.05, 0) is 19.1 Å². The van der Waals surface area contributed by atoms with E-state index in [1.54, 1.807) is 12.1 Å². The molecule has 0 spiro atoms. The van der Waals surface area contributed by atoms with Gasteiger partial charge in [-0.15, -0.1) is 0 Å². The van der Waals surface area contributed by atoms with Crippen LogP contribution in [0.5, 0.6) is 0 Å². The lowest BCUT2D eigenvalue weighted by atomic mass is 10.2. The van der Waals surface area contributed by atoms with Crippen molar-refractivity contribution in [3.63, 3.8) is 0 Å². The van der Waals surface area contributed by atoms with Crippen molar-refractivity contribution in [2.24, 2.45) is 5.73 Å². The molecule has 0 aliphatic rings. The molecule has 19 heavy (non-hydrogen) atoms. The zero-order valence-electron chi connectivity index (χ0n) is 10.4. The Labute approximate surface area is 110 Å². The number of ether oxygens (including phenoxy) is 1. The Kier molecular flexibility index (Phi) is 4.18. The summed E-state index contributed by atoms with van der Waals surface area (Å²) in [5.41, 5.74) is 6.81. The minimum atomic E-state index is -0.434. The molecule has 2 N–H and O–H groups in total. The molecular formula is C12H13N5O2. The minimum absolute atomic E-state index is 0.270. The average molecular weight is 259 g/mol. The Hall–Kier alpha value is -2.30. The predicted molar refractivity (Wildman–Crippen MR) is 65.7 cm³/mol. The molecule has 0 aliphatic carbocycles. The van der Waals surface area contributed by atoms with E-state index in [4.69, 9.17) is 20.3 Å². The first-order valence-electron chi connectivity index (χ1n) is 5.78. The summed E-state index contributed by atoms with van der Waals surface area (Å²) in [7, 11) is 0. The lowest BCUT2D eigenvalue weighted by Crippen LogP contribution is -2.18. The van der Waals surface area contributed by atoms with Crippen molar-refractivity contribution in [3.8, 4) is 17.7 Å². The van der Waals surface area contributed by atoms with Crippen LogP contribution in [0.25, 0.3) is 11.6 Å². The number of rotatable bonds is 5. The lowest BCUT2D eigenvalue weighted by molar-refractivity contribution is 0.130. The van der Waals surface area contributed by atoms with E-state index in [1.807, 2.05) is 13.0 Å². The predicted octanol–water partition coefficient (Wildman–Crippen LogP) is 1.04. The number of hydrogen-bond donors (Lipinski definition) is 1. The van der Waals surface area contributed by atoms with Gasteiger partial charge in [-0.1, -0.05) is 5.16 Å². The van der Waals surface area contributed by atoms with Gasteiger partial charge in [0.2, 0.25) is 0 Å². The summed E-state index contributed by atoms with van der Waals surface area (Å²) in [6, 6.07) is 4.83. The minimum Gasteiger partial charge on any atom is -0.380 e. The largest absolute Gasteiger partial charge is 0.380 e. The fourth-order valence-corrected chi connectivity index (χ4v) is 1.40. The number of aromatic nitrogens is 3. The number of nitriles is 1. The van der Waals surface area contributed by atoms with E-state index < -0.39 is 6.04 Å². The standard InChI is InChI=1S/C12H13N5O2/c1-2-18-7-9(14)11-16-12(19-17-11)10-4-3-8(5-13)6-15-10/h3-4,6,9H,2,7,14H2,1H3. The molecule has 2 aromatic heterocycles. The van der Waals surface area contributed by atoms with Gasteiger partial charge in [0, 0.05) is 12.8 Å². The van der Waals surface area contributed by atoms with Gasteiger partial charge < -0.3 is 15.0 Å². The van der Waals surface area contributed by atoms with Crippen LogP contribution in [0.4, 0.5) is 0 Å². The quantitative estimate of drug-likeness (QED) is 0.853. The van der Waals surface area contributed by atoms with E-state index in [0.29, 0.717) is 30.3 Å². The van der Waals surface area contributed by atoms with Gasteiger partial charge in [-0.25, -0.2) is 4.98 Å². The average Bonchev–Trinajstić information content (AvgIpc) is 2.94. The second-order valence-electron chi connectivity index (χ2n) is 3.77. The maximum Gasteiger partial charge on any atom is 0.276 e. The van der Waals surface area contributed by atoms with E-state index >= 15 is 0 Å². The molecule has 0 bridgehead atoms. The molecule has 0 fully saturated rings. The molecular weight excluding hydrogens is 246 g/mol. The van der Waals surface area contributed by atoms with Crippen LogP contribution < -0.4 is 5.73 Å². The third-order valence-electron chi connectivity index (χ3n) is 2.39. The molecule has 0 amide bonds. The van der Waals surface area contributed by atoms with Gasteiger partial charge in [-0.3, -0.25) is 0 Å². The second kappa shape index (κ2) is 6.04. The van der Waals surface area contributed by atoms with E-state index in [2.05, 4.69) is 15.1 Å². The summed E-state index contributed by atoms with van der Waals surface area (Å²) in [5.74, 6) is 0.640. The third-order valence-corrected chi connectivity index (χ3v) is 2.39.